The highest BCUT2D eigenvalue weighted by atomic mass is 16.5. The van der Waals surface area contributed by atoms with Crippen LogP contribution in [0.3, 0.4) is 0 Å². The number of nitrogens with zero attached hydrogens (tertiary/aromatic N) is 3. The molecule has 0 spiro atoms. The molecule has 0 radical (unpaired) electrons. The van der Waals surface area contributed by atoms with Crippen molar-refractivity contribution in [3.63, 3.8) is 0 Å². The Hall–Kier alpha value is -4.62. The van der Waals surface area contributed by atoms with Crippen LogP contribution in [0.25, 0.3) is 0 Å². The number of benzene rings is 2. The summed E-state index contributed by atoms with van der Waals surface area (Å²) in [6.45, 7) is 5.48. The number of ether oxygens (including phenoxy) is 3. The van der Waals surface area contributed by atoms with Gasteiger partial charge in [0.25, 0.3) is 5.91 Å². The van der Waals surface area contributed by atoms with Gasteiger partial charge in [-0.15, -0.1) is 0 Å². The van der Waals surface area contributed by atoms with Crippen molar-refractivity contribution < 1.29 is 33.7 Å². The van der Waals surface area contributed by atoms with Crippen LogP contribution in [-0.4, -0.2) is 95.9 Å². The number of rotatable bonds is 8. The number of para-hydroxylation sites is 1. The summed E-state index contributed by atoms with van der Waals surface area (Å²) < 4.78 is 19.5. The van der Waals surface area contributed by atoms with Crippen LogP contribution in [0.4, 0.5) is 0 Å². The van der Waals surface area contributed by atoms with Gasteiger partial charge in [-0.2, -0.15) is 0 Å². The van der Waals surface area contributed by atoms with Gasteiger partial charge in [0.15, 0.2) is 11.5 Å². The molecule has 1 aromatic heterocycles. The van der Waals surface area contributed by atoms with Gasteiger partial charge in [-0.05, 0) is 37.6 Å². The van der Waals surface area contributed by atoms with Crippen LogP contribution in [-0.2, 0) is 22.7 Å². The molecule has 2 aromatic carbocycles. The summed E-state index contributed by atoms with van der Waals surface area (Å²) in [6.07, 6.45) is 4.11. The third-order valence-corrected chi connectivity index (χ3v) is 7.11. The minimum Gasteiger partial charge on any atom is -0.493 e. The number of hydrogen-bond donors (Lipinski definition) is 4. The lowest BCUT2D eigenvalue weighted by molar-refractivity contribution is -0.125. The molecule has 13 nitrogen and oxygen atoms in total. The Kier molecular flexibility index (Phi) is 11.5. The fourth-order valence-electron chi connectivity index (χ4n) is 4.72. The molecule has 0 aliphatic carbocycles. The fourth-order valence-corrected chi connectivity index (χ4v) is 4.72. The maximum atomic E-state index is 13.1. The number of aliphatic hydroxyl groups is 1. The molecule has 4 rings (SSSR count). The Morgan fingerprint density at radius 2 is 2.00 bits per heavy atom. The Balaban J connectivity index is 1.52. The lowest BCUT2D eigenvalue weighted by atomic mass is 10.1. The third-order valence-electron chi connectivity index (χ3n) is 7.11. The van der Waals surface area contributed by atoms with Crippen LogP contribution in [0, 0.1) is 6.92 Å². The number of aliphatic hydroxyl groups excluding tert-OH is 1. The highest BCUT2D eigenvalue weighted by Crippen LogP contribution is 2.32. The summed E-state index contributed by atoms with van der Waals surface area (Å²) in [4.78, 5) is 44.9. The zero-order valence-corrected chi connectivity index (χ0v) is 25.2. The average molecular weight is 609 g/mol. The van der Waals surface area contributed by atoms with Crippen molar-refractivity contribution >= 4 is 17.7 Å². The van der Waals surface area contributed by atoms with E-state index < -0.39 is 24.0 Å². The maximum Gasteiger partial charge on any atom is 0.252 e. The molecule has 0 saturated carbocycles. The van der Waals surface area contributed by atoms with Crippen molar-refractivity contribution in [3.8, 4) is 17.2 Å². The maximum absolute atomic E-state index is 13.1. The van der Waals surface area contributed by atoms with E-state index in [-0.39, 0.29) is 37.7 Å². The van der Waals surface area contributed by atoms with Crippen molar-refractivity contribution in [1.29, 1.82) is 0 Å². The van der Waals surface area contributed by atoms with Gasteiger partial charge < -0.3 is 39.8 Å². The summed E-state index contributed by atoms with van der Waals surface area (Å²) in [5, 5.41) is 18.6. The SMILES string of the molecule is COc1cccc(CN2CCNC(=O)[C@H]([C@@H](C)O)NC(=O)c3ccc(C)c(c3)OCCNC(=O)C2)c1OCCn1ccnc1. The van der Waals surface area contributed by atoms with Gasteiger partial charge in [0.1, 0.15) is 25.0 Å². The summed E-state index contributed by atoms with van der Waals surface area (Å²) in [6, 6.07) is 9.31. The van der Waals surface area contributed by atoms with Crippen molar-refractivity contribution in [1.82, 2.24) is 30.4 Å². The fraction of sp³-hybridized carbons (Fsp3) is 0.419. The number of aryl methyl sites for hydroxylation is 1. The van der Waals surface area contributed by atoms with Gasteiger partial charge in [-0.1, -0.05) is 18.2 Å². The normalized spacial score (nSPS) is 17.8. The van der Waals surface area contributed by atoms with Gasteiger partial charge in [-0.3, -0.25) is 19.3 Å². The van der Waals surface area contributed by atoms with Crippen molar-refractivity contribution in [2.75, 3.05) is 46.5 Å². The molecule has 1 aliphatic rings. The molecule has 0 fully saturated rings. The molecule has 44 heavy (non-hydrogen) atoms. The number of methoxy groups -OCH3 is 1. The number of hydrogen-bond acceptors (Lipinski definition) is 9. The van der Waals surface area contributed by atoms with Gasteiger partial charge in [0, 0.05) is 43.2 Å². The van der Waals surface area contributed by atoms with Crippen LogP contribution in [0.1, 0.15) is 28.4 Å². The van der Waals surface area contributed by atoms with Crippen molar-refractivity contribution in [2.24, 2.45) is 0 Å². The van der Waals surface area contributed by atoms with E-state index in [2.05, 4.69) is 20.9 Å². The van der Waals surface area contributed by atoms with Gasteiger partial charge in [0.05, 0.1) is 39.2 Å². The monoisotopic (exact) mass is 608 g/mol. The van der Waals surface area contributed by atoms with E-state index in [1.807, 2.05) is 40.8 Å². The van der Waals surface area contributed by atoms with E-state index in [0.717, 1.165) is 11.1 Å². The van der Waals surface area contributed by atoms with Gasteiger partial charge in [-0.25, -0.2) is 4.98 Å². The smallest absolute Gasteiger partial charge is 0.252 e. The number of fused-ring (bicyclic) bond motifs is 2. The Bertz CT molecular complexity index is 1410. The number of aromatic nitrogens is 2. The highest BCUT2D eigenvalue weighted by molar-refractivity contribution is 5.98. The second-order valence-electron chi connectivity index (χ2n) is 10.5. The molecule has 2 heterocycles. The lowest BCUT2D eigenvalue weighted by Crippen LogP contribution is -2.53. The molecule has 3 amide bonds. The lowest BCUT2D eigenvalue weighted by Gasteiger charge is -2.25. The first kappa shape index (κ1) is 32.3. The first-order valence-electron chi connectivity index (χ1n) is 14.5. The molecular formula is C31H40N6O7. The van der Waals surface area contributed by atoms with Crippen LogP contribution in [0.5, 0.6) is 17.2 Å². The Labute approximate surface area is 256 Å². The average Bonchev–Trinajstić information content (AvgIpc) is 3.52. The van der Waals surface area contributed by atoms with E-state index in [1.54, 1.807) is 37.8 Å². The van der Waals surface area contributed by atoms with Gasteiger partial charge >= 0.3 is 0 Å². The minimum atomic E-state index is -1.19. The summed E-state index contributed by atoms with van der Waals surface area (Å²) in [5.41, 5.74) is 1.89. The van der Waals surface area contributed by atoms with Gasteiger partial charge in [0.2, 0.25) is 11.8 Å². The minimum absolute atomic E-state index is 0.0344. The molecule has 0 saturated heterocycles. The van der Waals surface area contributed by atoms with E-state index in [0.29, 0.717) is 43.5 Å². The van der Waals surface area contributed by atoms with E-state index in [4.69, 9.17) is 14.2 Å². The number of imidazole rings is 1. The van der Waals surface area contributed by atoms with Crippen molar-refractivity contribution in [2.45, 2.75) is 39.1 Å². The largest absolute Gasteiger partial charge is 0.493 e. The van der Waals surface area contributed by atoms with E-state index >= 15 is 0 Å². The predicted molar refractivity (Wildman–Crippen MR) is 162 cm³/mol. The molecule has 4 N–H and O–H groups in total. The number of nitrogens with one attached hydrogen (secondary N) is 3. The second kappa shape index (κ2) is 15.7. The zero-order chi connectivity index (χ0) is 31.5. The predicted octanol–water partition coefficient (Wildman–Crippen LogP) is 0.885. The number of carbonyl (C=O) groups excluding carboxylic acids is 3. The molecule has 13 heteroatoms. The molecule has 2 atom stereocenters. The van der Waals surface area contributed by atoms with Crippen LogP contribution < -0.4 is 30.2 Å². The molecule has 2 bridgehead atoms. The van der Waals surface area contributed by atoms with E-state index in [1.165, 1.54) is 6.92 Å². The summed E-state index contributed by atoms with van der Waals surface area (Å²) >= 11 is 0. The number of amides is 3. The Morgan fingerprint density at radius 3 is 2.75 bits per heavy atom. The Morgan fingerprint density at radius 1 is 1.16 bits per heavy atom. The standard InChI is InChI=1S/C31H40N6O7/c1-21-7-8-23-17-26(21)43-15-11-33-27(39)19-37(13-10-34-31(41)28(22(2)38)35-30(23)40)18-24-5-4-6-25(42-3)29(24)44-16-14-36-12-9-32-20-36/h4-9,12,17,20,22,28,38H,10-11,13-16,18-19H2,1-3H3,(H,33,39)(H,34,41)(H,35,40)/t22-,28+/m1/s1. The van der Waals surface area contributed by atoms with Crippen LogP contribution in [0.15, 0.2) is 55.1 Å². The molecule has 1 aliphatic heterocycles. The first-order valence-corrected chi connectivity index (χ1v) is 14.5. The second-order valence-corrected chi connectivity index (χ2v) is 10.5. The summed E-state index contributed by atoms with van der Waals surface area (Å²) in [7, 11) is 1.57. The molecule has 3 aromatic rings. The molecular weight excluding hydrogens is 568 g/mol. The van der Waals surface area contributed by atoms with E-state index in [9.17, 15) is 19.5 Å². The van der Waals surface area contributed by atoms with Crippen LogP contribution >= 0.6 is 0 Å². The topological polar surface area (TPSA) is 156 Å². The number of carbonyl (C=O) groups is 3. The molecule has 236 valence electrons. The third kappa shape index (κ3) is 8.94. The zero-order valence-electron chi connectivity index (χ0n) is 25.2. The summed E-state index contributed by atoms with van der Waals surface area (Å²) in [5.74, 6) is 0.311. The highest BCUT2D eigenvalue weighted by Gasteiger charge is 2.27. The molecule has 0 unspecified atom stereocenters. The van der Waals surface area contributed by atoms with Crippen molar-refractivity contribution in [3.05, 3.63) is 71.8 Å². The van der Waals surface area contributed by atoms with Crippen LogP contribution in [0.2, 0.25) is 0 Å². The first-order chi connectivity index (χ1) is 21.2. The quantitative estimate of drug-likeness (QED) is 0.292.